The maximum Gasteiger partial charge on any atom is 0.255 e. The Balaban J connectivity index is 1.93. The number of benzene rings is 1. The van der Waals surface area contributed by atoms with E-state index >= 15 is 0 Å². The summed E-state index contributed by atoms with van der Waals surface area (Å²) in [4.78, 5) is 28.0. The van der Waals surface area contributed by atoms with Crippen molar-refractivity contribution >= 4 is 17.5 Å². The number of amides is 2. The molecule has 0 saturated carbocycles. The minimum Gasteiger partial charge on any atom is -0.402 e. The van der Waals surface area contributed by atoms with Crippen molar-refractivity contribution in [1.82, 2.24) is 15.6 Å². The molecule has 3 rings (SSSR count). The number of carbonyl (C=O) groups excluding carboxylic acids is 2. The first-order valence-corrected chi connectivity index (χ1v) is 9.52. The number of hydrogen-bond donors (Lipinski definition) is 5. The highest BCUT2D eigenvalue weighted by Gasteiger charge is 2.27. The average molecular weight is 428 g/mol. The molecule has 2 heterocycles. The van der Waals surface area contributed by atoms with Crippen molar-refractivity contribution in [3.05, 3.63) is 70.8 Å². The minimum atomic E-state index is -0.778. The summed E-state index contributed by atoms with van der Waals surface area (Å²) in [5.41, 5.74) is 12.6. The van der Waals surface area contributed by atoms with Gasteiger partial charge in [0.05, 0.1) is 41.2 Å². The maximum absolute atomic E-state index is 14.3. The van der Waals surface area contributed by atoms with Gasteiger partial charge in [-0.1, -0.05) is 6.07 Å². The molecule has 1 aliphatic rings. The van der Waals surface area contributed by atoms with Crippen LogP contribution in [0, 0.1) is 11.6 Å². The second kappa shape index (κ2) is 9.24. The third-order valence-electron chi connectivity index (χ3n) is 4.45. The topological polar surface area (TPSA) is 135 Å². The molecule has 1 aromatic heterocycles. The molecule has 7 N–H and O–H groups in total. The number of carbonyl (C=O) groups is 2. The van der Waals surface area contributed by atoms with Crippen LogP contribution in [-0.2, 0) is 11.3 Å². The van der Waals surface area contributed by atoms with E-state index in [0.29, 0.717) is 12.2 Å². The van der Waals surface area contributed by atoms with Gasteiger partial charge in [0.25, 0.3) is 5.91 Å². The molecule has 0 saturated heterocycles. The van der Waals surface area contributed by atoms with Crippen molar-refractivity contribution in [1.29, 1.82) is 0 Å². The Kier molecular flexibility index (Phi) is 6.49. The van der Waals surface area contributed by atoms with Gasteiger partial charge in [0, 0.05) is 12.2 Å². The molecule has 31 heavy (non-hydrogen) atoms. The Hall–Kier alpha value is -3.95. The molecular formula is C21H22F2N6O2. The van der Waals surface area contributed by atoms with Gasteiger partial charge < -0.3 is 27.4 Å². The SMILES string of the molecule is CCNC(=O)C/C(N)=C/C=C(\N)Nc1cc(-c2c(F)cccc2F)nc2c1C(=O)NC2. The number of rotatable bonds is 7. The number of halogens is 2. The number of hydrogen-bond acceptors (Lipinski definition) is 6. The van der Waals surface area contributed by atoms with Crippen molar-refractivity contribution in [2.24, 2.45) is 11.5 Å². The summed E-state index contributed by atoms with van der Waals surface area (Å²) >= 11 is 0. The number of nitrogens with two attached hydrogens (primary N) is 2. The lowest BCUT2D eigenvalue weighted by molar-refractivity contribution is -0.120. The van der Waals surface area contributed by atoms with Crippen LogP contribution in [0.15, 0.2) is 47.9 Å². The van der Waals surface area contributed by atoms with Crippen LogP contribution in [0.4, 0.5) is 14.5 Å². The Morgan fingerprint density at radius 3 is 2.61 bits per heavy atom. The summed E-state index contributed by atoms with van der Waals surface area (Å²) in [5, 5.41) is 8.10. The highest BCUT2D eigenvalue weighted by molar-refractivity contribution is 6.03. The Bertz CT molecular complexity index is 1080. The Morgan fingerprint density at radius 2 is 1.94 bits per heavy atom. The van der Waals surface area contributed by atoms with Gasteiger partial charge in [-0.05, 0) is 37.3 Å². The fourth-order valence-corrected chi connectivity index (χ4v) is 3.10. The first kappa shape index (κ1) is 21.8. The van der Waals surface area contributed by atoms with Gasteiger partial charge >= 0.3 is 0 Å². The molecule has 1 aromatic carbocycles. The molecule has 0 aliphatic carbocycles. The van der Waals surface area contributed by atoms with Gasteiger partial charge in [-0.2, -0.15) is 0 Å². The molecule has 10 heteroatoms. The zero-order valence-electron chi connectivity index (χ0n) is 16.8. The van der Waals surface area contributed by atoms with Crippen LogP contribution in [0.3, 0.4) is 0 Å². The quantitative estimate of drug-likeness (QED) is 0.427. The summed E-state index contributed by atoms with van der Waals surface area (Å²) in [6.45, 7) is 2.41. The smallest absolute Gasteiger partial charge is 0.255 e. The minimum absolute atomic E-state index is 0.00138. The Labute approximate surface area is 177 Å². The number of aromatic nitrogens is 1. The van der Waals surface area contributed by atoms with E-state index in [-0.39, 0.29) is 58.8 Å². The summed E-state index contributed by atoms with van der Waals surface area (Å²) in [6.07, 6.45) is 2.88. The van der Waals surface area contributed by atoms with Crippen molar-refractivity contribution < 1.29 is 18.4 Å². The van der Waals surface area contributed by atoms with Gasteiger partial charge in [-0.3, -0.25) is 9.59 Å². The van der Waals surface area contributed by atoms with Gasteiger partial charge in [0.2, 0.25) is 5.91 Å². The number of nitrogens with one attached hydrogen (secondary N) is 3. The maximum atomic E-state index is 14.3. The summed E-state index contributed by atoms with van der Waals surface area (Å²) in [5.74, 6) is -2.06. The molecule has 0 bridgehead atoms. The van der Waals surface area contributed by atoms with E-state index in [9.17, 15) is 18.4 Å². The van der Waals surface area contributed by atoms with E-state index < -0.39 is 11.6 Å². The standard InChI is InChI=1S/C21H22F2N6O2/c1-2-26-18(30)8-11(24)6-7-17(25)29-15-9-14(19-12(22)4-3-5-13(19)23)28-16-10-27-21(31)20(15)16/h3-7,9H,2,8,10,24-25H2,1H3,(H,26,30)(H,27,31)(H,28,29)/b11-6-,17-7+. The monoisotopic (exact) mass is 428 g/mol. The van der Waals surface area contributed by atoms with E-state index in [2.05, 4.69) is 20.9 Å². The molecular weight excluding hydrogens is 406 g/mol. The largest absolute Gasteiger partial charge is 0.402 e. The van der Waals surface area contributed by atoms with Crippen LogP contribution in [0.25, 0.3) is 11.3 Å². The van der Waals surface area contributed by atoms with E-state index in [4.69, 9.17) is 11.5 Å². The molecule has 162 valence electrons. The van der Waals surface area contributed by atoms with Crippen LogP contribution in [0.5, 0.6) is 0 Å². The summed E-state index contributed by atoms with van der Waals surface area (Å²) in [7, 11) is 0. The van der Waals surface area contributed by atoms with Crippen molar-refractivity contribution in [3.63, 3.8) is 0 Å². The zero-order chi connectivity index (χ0) is 22.5. The molecule has 0 unspecified atom stereocenters. The number of anilines is 1. The molecule has 8 nitrogen and oxygen atoms in total. The van der Waals surface area contributed by atoms with Crippen LogP contribution in [0.2, 0.25) is 0 Å². The molecule has 0 atom stereocenters. The number of allylic oxidation sites excluding steroid dienone is 2. The highest BCUT2D eigenvalue weighted by atomic mass is 19.1. The van der Waals surface area contributed by atoms with Gasteiger partial charge in [0.1, 0.15) is 17.5 Å². The first-order valence-electron chi connectivity index (χ1n) is 9.52. The van der Waals surface area contributed by atoms with Crippen LogP contribution in [-0.4, -0.2) is 23.3 Å². The van der Waals surface area contributed by atoms with E-state index in [1.807, 2.05) is 0 Å². The van der Waals surface area contributed by atoms with Crippen LogP contribution >= 0.6 is 0 Å². The van der Waals surface area contributed by atoms with Crippen molar-refractivity contribution in [2.45, 2.75) is 19.9 Å². The average Bonchev–Trinajstić information content (AvgIpc) is 3.07. The Morgan fingerprint density at radius 1 is 1.23 bits per heavy atom. The van der Waals surface area contributed by atoms with Crippen molar-refractivity contribution in [3.8, 4) is 11.3 Å². The fraction of sp³-hybridized carbons (Fsp3) is 0.190. The van der Waals surface area contributed by atoms with E-state index in [0.717, 1.165) is 12.1 Å². The third kappa shape index (κ3) is 4.97. The number of fused-ring (bicyclic) bond motifs is 1. The lowest BCUT2D eigenvalue weighted by Crippen LogP contribution is -2.24. The van der Waals surface area contributed by atoms with E-state index in [1.165, 1.54) is 24.3 Å². The van der Waals surface area contributed by atoms with E-state index in [1.54, 1.807) is 6.92 Å². The predicted octanol–water partition coefficient (Wildman–Crippen LogP) is 1.85. The fourth-order valence-electron chi connectivity index (χ4n) is 3.10. The van der Waals surface area contributed by atoms with Gasteiger partial charge in [0.15, 0.2) is 0 Å². The van der Waals surface area contributed by atoms with Crippen LogP contribution < -0.4 is 27.4 Å². The summed E-state index contributed by atoms with van der Waals surface area (Å²) in [6, 6.07) is 4.86. The predicted molar refractivity (Wildman–Crippen MR) is 112 cm³/mol. The first-order chi connectivity index (χ1) is 14.8. The highest BCUT2D eigenvalue weighted by Crippen LogP contribution is 2.32. The van der Waals surface area contributed by atoms with Crippen molar-refractivity contribution in [2.75, 3.05) is 11.9 Å². The lowest BCUT2D eigenvalue weighted by atomic mass is 10.1. The normalized spacial score (nSPS) is 13.6. The molecule has 0 radical (unpaired) electrons. The second-order valence-corrected chi connectivity index (χ2v) is 6.77. The molecule has 2 amide bonds. The summed E-state index contributed by atoms with van der Waals surface area (Å²) < 4.78 is 28.5. The number of nitrogens with zero attached hydrogens (tertiary/aromatic N) is 1. The van der Waals surface area contributed by atoms with Gasteiger partial charge in [-0.25, -0.2) is 13.8 Å². The molecule has 0 spiro atoms. The number of pyridine rings is 1. The zero-order valence-corrected chi connectivity index (χ0v) is 16.8. The molecule has 2 aromatic rings. The molecule has 0 fully saturated rings. The lowest BCUT2D eigenvalue weighted by Gasteiger charge is -2.13. The second-order valence-electron chi connectivity index (χ2n) is 6.77. The third-order valence-corrected chi connectivity index (χ3v) is 4.45. The van der Waals surface area contributed by atoms with Crippen LogP contribution in [0.1, 0.15) is 29.4 Å². The van der Waals surface area contributed by atoms with Gasteiger partial charge in [-0.15, -0.1) is 0 Å². The molecule has 1 aliphatic heterocycles.